The van der Waals surface area contributed by atoms with Crippen LogP contribution in [0.15, 0.2) is 29.2 Å². The van der Waals surface area contributed by atoms with Gasteiger partial charge in [-0.3, -0.25) is 0 Å². The van der Waals surface area contributed by atoms with Crippen molar-refractivity contribution in [2.45, 2.75) is 17.9 Å². The maximum absolute atomic E-state index is 12.3. The Morgan fingerprint density at radius 2 is 2.11 bits per heavy atom. The van der Waals surface area contributed by atoms with Crippen LogP contribution >= 0.6 is 11.8 Å². The van der Waals surface area contributed by atoms with E-state index in [0.717, 1.165) is 5.75 Å². The van der Waals surface area contributed by atoms with Gasteiger partial charge in [0.15, 0.2) is 0 Å². The van der Waals surface area contributed by atoms with Crippen molar-refractivity contribution in [1.29, 1.82) is 0 Å². The van der Waals surface area contributed by atoms with E-state index in [2.05, 4.69) is 16.6 Å². The zero-order valence-corrected chi connectivity index (χ0v) is 12.6. The molecule has 3 N–H and O–H groups in total. The summed E-state index contributed by atoms with van der Waals surface area (Å²) >= 11 is 1.59. The van der Waals surface area contributed by atoms with Crippen molar-refractivity contribution in [2.75, 3.05) is 18.6 Å². The number of hydrogen-bond donors (Lipinski definition) is 2. The quantitative estimate of drug-likeness (QED) is 0.796. The first-order valence-corrected chi connectivity index (χ1v) is 8.68. The maximum atomic E-state index is 12.3. The van der Waals surface area contributed by atoms with Crippen LogP contribution in [0, 0.1) is 11.8 Å². The third kappa shape index (κ3) is 4.88. The maximum Gasteiger partial charge on any atom is 0.242 e. The molecule has 0 saturated carbocycles. The second kappa shape index (κ2) is 7.56. The van der Waals surface area contributed by atoms with Crippen LogP contribution in [0.3, 0.4) is 0 Å². The number of hydrogen-bond acceptors (Lipinski definition) is 4. The molecular formula is C13H18N2O2S2. The molecule has 0 saturated heterocycles. The number of nitrogens with two attached hydrogens (primary N) is 1. The van der Waals surface area contributed by atoms with Gasteiger partial charge in [0.1, 0.15) is 0 Å². The average molecular weight is 298 g/mol. The molecule has 0 radical (unpaired) electrons. The van der Waals surface area contributed by atoms with Crippen molar-refractivity contribution in [3.05, 3.63) is 29.8 Å². The van der Waals surface area contributed by atoms with Crippen LogP contribution < -0.4 is 10.5 Å². The van der Waals surface area contributed by atoms with Crippen LogP contribution in [0.2, 0.25) is 0 Å². The molecule has 0 bridgehead atoms. The van der Waals surface area contributed by atoms with Gasteiger partial charge in [-0.1, -0.05) is 24.0 Å². The molecule has 1 aromatic carbocycles. The van der Waals surface area contributed by atoms with E-state index in [1.165, 1.54) is 0 Å². The summed E-state index contributed by atoms with van der Waals surface area (Å²) in [6.45, 7) is 2.03. The number of benzene rings is 1. The summed E-state index contributed by atoms with van der Waals surface area (Å²) in [5.41, 5.74) is 5.78. The fourth-order valence-corrected chi connectivity index (χ4v) is 3.66. The van der Waals surface area contributed by atoms with Crippen molar-refractivity contribution in [3.63, 3.8) is 0 Å². The van der Waals surface area contributed by atoms with Crippen LogP contribution in [0.5, 0.6) is 0 Å². The molecule has 0 heterocycles. The summed E-state index contributed by atoms with van der Waals surface area (Å²) in [5.74, 6) is 6.18. The van der Waals surface area contributed by atoms with Crippen LogP contribution in [-0.2, 0) is 10.0 Å². The average Bonchev–Trinajstić information content (AvgIpc) is 2.36. The minimum atomic E-state index is -3.55. The smallest absolute Gasteiger partial charge is 0.242 e. The number of rotatable bonds is 5. The Hall–Kier alpha value is -1.00. The Bertz CT molecular complexity index is 574. The van der Waals surface area contributed by atoms with Gasteiger partial charge in [0.25, 0.3) is 0 Å². The third-order valence-corrected chi connectivity index (χ3v) is 4.76. The molecule has 0 aliphatic carbocycles. The molecule has 0 amide bonds. The first-order valence-electron chi connectivity index (χ1n) is 5.80. The molecule has 6 heteroatoms. The van der Waals surface area contributed by atoms with Crippen molar-refractivity contribution >= 4 is 21.8 Å². The van der Waals surface area contributed by atoms with Crippen LogP contribution in [-0.4, -0.2) is 33.0 Å². The first-order chi connectivity index (χ1) is 9.01. The van der Waals surface area contributed by atoms with E-state index in [4.69, 9.17) is 5.73 Å². The lowest BCUT2D eigenvalue weighted by atomic mass is 10.2. The number of sulfonamides is 1. The molecular weight excluding hydrogens is 280 g/mol. The van der Waals surface area contributed by atoms with E-state index in [1.807, 2.05) is 13.2 Å². The molecule has 0 spiro atoms. The van der Waals surface area contributed by atoms with Crippen molar-refractivity contribution in [1.82, 2.24) is 4.72 Å². The van der Waals surface area contributed by atoms with Gasteiger partial charge in [-0.25, -0.2) is 13.1 Å². The summed E-state index contributed by atoms with van der Waals surface area (Å²) in [6, 6.07) is 6.53. The highest BCUT2D eigenvalue weighted by Crippen LogP contribution is 2.15. The van der Waals surface area contributed by atoms with Gasteiger partial charge in [-0.2, -0.15) is 11.8 Å². The molecule has 1 rings (SSSR count). The standard InChI is InChI=1S/C13H18N2O2S2/c1-11(10-18-2)15-19(16,17)13-8-4-3-6-12(13)7-5-9-14/h3-4,6,8,11,15H,9-10,14H2,1-2H3. The number of nitrogens with one attached hydrogen (secondary N) is 1. The predicted molar refractivity (Wildman–Crippen MR) is 80.5 cm³/mol. The summed E-state index contributed by atoms with van der Waals surface area (Å²) in [7, 11) is -3.55. The van der Waals surface area contributed by atoms with E-state index in [0.29, 0.717) is 5.56 Å². The minimum Gasteiger partial charge on any atom is -0.320 e. The number of thioether (sulfide) groups is 1. The molecule has 0 aliphatic rings. The normalized spacial score (nSPS) is 12.6. The van der Waals surface area contributed by atoms with Crippen LogP contribution in [0.1, 0.15) is 12.5 Å². The molecule has 19 heavy (non-hydrogen) atoms. The minimum absolute atomic E-state index is 0.129. The summed E-state index contributed by atoms with van der Waals surface area (Å²) < 4.78 is 27.2. The summed E-state index contributed by atoms with van der Waals surface area (Å²) in [5, 5.41) is 0. The van der Waals surface area contributed by atoms with Crippen molar-refractivity contribution < 1.29 is 8.42 Å². The van der Waals surface area contributed by atoms with Gasteiger partial charge < -0.3 is 5.73 Å². The van der Waals surface area contributed by atoms with Gasteiger partial charge >= 0.3 is 0 Å². The third-order valence-electron chi connectivity index (χ3n) is 2.27. The highest BCUT2D eigenvalue weighted by Gasteiger charge is 2.19. The lowest BCUT2D eigenvalue weighted by molar-refractivity contribution is 0.571. The molecule has 1 atom stereocenters. The van der Waals surface area contributed by atoms with E-state index in [-0.39, 0.29) is 17.5 Å². The fourth-order valence-electron chi connectivity index (χ4n) is 1.56. The largest absolute Gasteiger partial charge is 0.320 e. The molecule has 1 unspecified atom stereocenters. The zero-order valence-electron chi connectivity index (χ0n) is 11.0. The Balaban J connectivity index is 3.07. The zero-order chi connectivity index (χ0) is 14.3. The molecule has 0 aliphatic heterocycles. The summed E-state index contributed by atoms with van der Waals surface area (Å²) in [6.07, 6.45) is 1.94. The lowest BCUT2D eigenvalue weighted by Gasteiger charge is -2.13. The Morgan fingerprint density at radius 1 is 1.42 bits per heavy atom. The monoisotopic (exact) mass is 298 g/mol. The molecule has 0 fully saturated rings. The van der Waals surface area contributed by atoms with Gasteiger partial charge in [-0.05, 0) is 25.3 Å². The first kappa shape index (κ1) is 16.1. The second-order valence-corrected chi connectivity index (χ2v) is 6.57. The highest BCUT2D eigenvalue weighted by molar-refractivity contribution is 7.98. The molecule has 0 aromatic heterocycles. The summed E-state index contributed by atoms with van der Waals surface area (Å²) in [4.78, 5) is 0.198. The molecule has 1 aromatic rings. The van der Waals surface area contributed by atoms with E-state index >= 15 is 0 Å². The fraction of sp³-hybridized carbons (Fsp3) is 0.385. The van der Waals surface area contributed by atoms with E-state index in [1.54, 1.807) is 36.0 Å². The lowest BCUT2D eigenvalue weighted by Crippen LogP contribution is -2.34. The van der Waals surface area contributed by atoms with Gasteiger partial charge in [-0.15, -0.1) is 0 Å². The Morgan fingerprint density at radius 3 is 2.74 bits per heavy atom. The SMILES string of the molecule is CSCC(C)NS(=O)(=O)c1ccccc1C#CCN. The highest BCUT2D eigenvalue weighted by atomic mass is 32.2. The Kier molecular flexibility index (Phi) is 6.38. The van der Waals surface area contributed by atoms with E-state index < -0.39 is 10.0 Å². The van der Waals surface area contributed by atoms with E-state index in [9.17, 15) is 8.42 Å². The molecule has 104 valence electrons. The second-order valence-electron chi connectivity index (χ2n) is 3.98. The molecule has 4 nitrogen and oxygen atoms in total. The van der Waals surface area contributed by atoms with Gasteiger partial charge in [0, 0.05) is 17.4 Å². The topological polar surface area (TPSA) is 72.2 Å². The van der Waals surface area contributed by atoms with Crippen LogP contribution in [0.4, 0.5) is 0 Å². The van der Waals surface area contributed by atoms with Gasteiger partial charge in [0.05, 0.1) is 11.4 Å². The predicted octanol–water partition coefficient (Wildman–Crippen LogP) is 1.03. The van der Waals surface area contributed by atoms with Crippen LogP contribution in [0.25, 0.3) is 0 Å². The van der Waals surface area contributed by atoms with Crippen molar-refractivity contribution in [3.8, 4) is 11.8 Å². The van der Waals surface area contributed by atoms with Gasteiger partial charge in [0.2, 0.25) is 10.0 Å². The Labute approximate surface area is 119 Å². The van der Waals surface area contributed by atoms with Crippen molar-refractivity contribution in [2.24, 2.45) is 5.73 Å².